The first-order valence-electron chi connectivity index (χ1n) is 5.49. The molecule has 1 aromatic carbocycles. The quantitative estimate of drug-likeness (QED) is 0.847. The first-order valence-corrected chi connectivity index (χ1v) is 7.31. The fourth-order valence-corrected chi connectivity index (χ4v) is 3.49. The van der Waals surface area contributed by atoms with Crippen molar-refractivity contribution in [2.24, 2.45) is 0 Å². The van der Waals surface area contributed by atoms with Gasteiger partial charge in [-0.1, -0.05) is 12.1 Å². The van der Waals surface area contributed by atoms with E-state index in [9.17, 15) is 17.6 Å². The summed E-state index contributed by atoms with van der Waals surface area (Å²) in [4.78, 5) is 11.5. The zero-order valence-corrected chi connectivity index (χ0v) is 10.3. The predicted octanol–water partition coefficient (Wildman–Crippen LogP) is 1.13. The van der Waals surface area contributed by atoms with Crippen molar-refractivity contribution in [1.29, 1.82) is 0 Å². The summed E-state index contributed by atoms with van der Waals surface area (Å²) in [6, 6.07) is 4.78. The van der Waals surface area contributed by atoms with Gasteiger partial charge in [0.15, 0.2) is 9.84 Å². The van der Waals surface area contributed by atoms with Gasteiger partial charge in [0.2, 0.25) is 0 Å². The Hall–Kier alpha value is -1.63. The standard InChI is InChI=1S/C11H13FN2O3S/c12-9-3-1-2-4-10(9)14-11(15)13-8-5-6-18(16,17)7-8/h1-4,8H,5-7H2,(H2,13,14,15). The number of sulfone groups is 1. The van der Waals surface area contributed by atoms with Crippen molar-refractivity contribution < 1.29 is 17.6 Å². The minimum atomic E-state index is -3.04. The van der Waals surface area contributed by atoms with E-state index in [0.29, 0.717) is 6.42 Å². The van der Waals surface area contributed by atoms with Crippen LogP contribution in [0.25, 0.3) is 0 Å². The van der Waals surface area contributed by atoms with Crippen LogP contribution in [0.5, 0.6) is 0 Å². The first-order chi connectivity index (χ1) is 8.46. The molecule has 0 saturated carbocycles. The number of urea groups is 1. The largest absolute Gasteiger partial charge is 0.334 e. The number of amides is 2. The van der Waals surface area contributed by atoms with Crippen molar-refractivity contribution in [3.8, 4) is 0 Å². The Morgan fingerprint density at radius 2 is 2.06 bits per heavy atom. The molecule has 2 rings (SSSR count). The number of halogens is 1. The predicted molar refractivity (Wildman–Crippen MR) is 65.6 cm³/mol. The van der Waals surface area contributed by atoms with Crippen LogP contribution in [0.15, 0.2) is 24.3 Å². The van der Waals surface area contributed by atoms with Gasteiger partial charge in [-0.25, -0.2) is 17.6 Å². The van der Waals surface area contributed by atoms with E-state index >= 15 is 0 Å². The average molecular weight is 272 g/mol. The Labute approximate surface area is 104 Å². The monoisotopic (exact) mass is 272 g/mol. The highest BCUT2D eigenvalue weighted by Crippen LogP contribution is 2.14. The minimum absolute atomic E-state index is 0.0578. The van der Waals surface area contributed by atoms with Crippen molar-refractivity contribution in [2.75, 3.05) is 16.8 Å². The zero-order valence-electron chi connectivity index (χ0n) is 9.52. The lowest BCUT2D eigenvalue weighted by Gasteiger charge is -2.12. The number of anilines is 1. The van der Waals surface area contributed by atoms with Gasteiger partial charge in [-0.3, -0.25) is 0 Å². The van der Waals surface area contributed by atoms with Crippen molar-refractivity contribution in [3.63, 3.8) is 0 Å². The lowest BCUT2D eigenvalue weighted by molar-refractivity contribution is 0.249. The fraction of sp³-hybridized carbons (Fsp3) is 0.364. The molecule has 2 N–H and O–H groups in total. The fourth-order valence-electron chi connectivity index (χ4n) is 1.82. The molecule has 18 heavy (non-hydrogen) atoms. The smallest absolute Gasteiger partial charge is 0.319 e. The molecule has 0 radical (unpaired) electrons. The first kappa shape index (κ1) is 12.8. The number of carbonyl (C=O) groups excluding carboxylic acids is 1. The van der Waals surface area contributed by atoms with Crippen molar-refractivity contribution in [2.45, 2.75) is 12.5 Å². The summed E-state index contributed by atoms with van der Waals surface area (Å²) in [5.74, 6) is -0.512. The van der Waals surface area contributed by atoms with Crippen molar-refractivity contribution in [3.05, 3.63) is 30.1 Å². The van der Waals surface area contributed by atoms with Crippen LogP contribution in [0.1, 0.15) is 6.42 Å². The Bertz CT molecular complexity index is 559. The van der Waals surface area contributed by atoms with E-state index < -0.39 is 27.7 Å². The summed E-state index contributed by atoms with van der Waals surface area (Å²) in [6.45, 7) is 0. The van der Waals surface area contributed by atoms with Crippen LogP contribution >= 0.6 is 0 Å². The Morgan fingerprint density at radius 1 is 1.33 bits per heavy atom. The number of para-hydroxylation sites is 1. The molecule has 0 aromatic heterocycles. The highest BCUT2D eigenvalue weighted by molar-refractivity contribution is 7.91. The lowest BCUT2D eigenvalue weighted by atomic mass is 10.3. The number of rotatable bonds is 2. The van der Waals surface area contributed by atoms with Crippen LogP contribution in [0.3, 0.4) is 0 Å². The third kappa shape index (κ3) is 3.19. The number of benzene rings is 1. The number of carbonyl (C=O) groups is 1. The molecule has 1 atom stereocenters. The number of nitrogens with one attached hydrogen (secondary N) is 2. The third-order valence-corrected chi connectivity index (χ3v) is 4.46. The van der Waals surface area contributed by atoms with Gasteiger partial charge in [-0.05, 0) is 18.6 Å². The highest BCUT2D eigenvalue weighted by atomic mass is 32.2. The molecule has 1 heterocycles. The molecular formula is C11H13FN2O3S. The maximum absolute atomic E-state index is 13.2. The van der Waals surface area contributed by atoms with Crippen molar-refractivity contribution in [1.82, 2.24) is 5.32 Å². The summed E-state index contributed by atoms with van der Waals surface area (Å²) >= 11 is 0. The van der Waals surface area contributed by atoms with Gasteiger partial charge in [-0.2, -0.15) is 0 Å². The van der Waals surface area contributed by atoms with E-state index in [1.165, 1.54) is 18.2 Å². The highest BCUT2D eigenvalue weighted by Gasteiger charge is 2.28. The molecule has 1 unspecified atom stereocenters. The van der Waals surface area contributed by atoms with Crippen molar-refractivity contribution >= 4 is 21.6 Å². The molecule has 1 aliphatic rings. The molecule has 5 nitrogen and oxygen atoms in total. The van der Waals surface area contributed by atoms with E-state index in [1.807, 2.05) is 0 Å². The van der Waals surface area contributed by atoms with Crippen LogP contribution in [0, 0.1) is 5.82 Å². The summed E-state index contributed by atoms with van der Waals surface area (Å²) in [5, 5.41) is 4.86. The van der Waals surface area contributed by atoms with Crippen LogP contribution in [0.2, 0.25) is 0 Å². The molecule has 1 saturated heterocycles. The van der Waals surface area contributed by atoms with Crippen LogP contribution in [-0.4, -0.2) is 32.0 Å². The van der Waals surface area contributed by atoms with Gasteiger partial charge in [0.05, 0.1) is 17.2 Å². The minimum Gasteiger partial charge on any atom is -0.334 e. The normalized spacial score (nSPS) is 21.5. The molecule has 0 bridgehead atoms. The molecule has 0 aliphatic carbocycles. The maximum atomic E-state index is 13.2. The molecule has 7 heteroatoms. The summed E-state index contributed by atoms with van der Waals surface area (Å²) in [7, 11) is -3.04. The molecule has 0 spiro atoms. The second-order valence-corrected chi connectivity index (χ2v) is 6.41. The Balaban J connectivity index is 1.92. The van der Waals surface area contributed by atoms with E-state index in [-0.39, 0.29) is 17.2 Å². The molecule has 1 aliphatic heterocycles. The molecule has 98 valence electrons. The zero-order chi connectivity index (χ0) is 13.2. The summed E-state index contributed by atoms with van der Waals surface area (Å²) in [5.41, 5.74) is 0.0656. The maximum Gasteiger partial charge on any atom is 0.319 e. The molecule has 2 amide bonds. The van der Waals surface area contributed by atoms with E-state index in [1.54, 1.807) is 6.07 Å². The number of hydrogen-bond donors (Lipinski definition) is 2. The van der Waals surface area contributed by atoms with Crippen LogP contribution in [0.4, 0.5) is 14.9 Å². The topological polar surface area (TPSA) is 75.3 Å². The van der Waals surface area contributed by atoms with Gasteiger partial charge in [0.1, 0.15) is 5.82 Å². The van der Waals surface area contributed by atoms with Gasteiger partial charge in [0, 0.05) is 6.04 Å². The third-order valence-electron chi connectivity index (χ3n) is 2.69. The molecular weight excluding hydrogens is 259 g/mol. The van der Waals surface area contributed by atoms with E-state index in [2.05, 4.69) is 10.6 Å². The SMILES string of the molecule is O=C(Nc1ccccc1F)NC1CCS(=O)(=O)C1. The van der Waals surface area contributed by atoms with E-state index in [0.717, 1.165) is 0 Å². The second kappa shape index (κ2) is 4.93. The molecule has 1 aromatic rings. The van der Waals surface area contributed by atoms with Gasteiger partial charge >= 0.3 is 6.03 Å². The van der Waals surface area contributed by atoms with Gasteiger partial charge in [0.25, 0.3) is 0 Å². The average Bonchev–Trinajstić information content (AvgIpc) is 2.61. The number of hydrogen-bond acceptors (Lipinski definition) is 3. The Morgan fingerprint density at radius 3 is 2.67 bits per heavy atom. The van der Waals surface area contributed by atoms with Crippen LogP contribution in [-0.2, 0) is 9.84 Å². The van der Waals surface area contributed by atoms with Gasteiger partial charge < -0.3 is 10.6 Å². The second-order valence-electron chi connectivity index (χ2n) is 4.18. The Kier molecular flexibility index (Phi) is 3.51. The summed E-state index contributed by atoms with van der Waals surface area (Å²) < 4.78 is 35.7. The molecule has 1 fully saturated rings. The van der Waals surface area contributed by atoms with Crippen LogP contribution < -0.4 is 10.6 Å². The van der Waals surface area contributed by atoms with Gasteiger partial charge in [-0.15, -0.1) is 0 Å². The lowest BCUT2D eigenvalue weighted by Crippen LogP contribution is -2.38. The van der Waals surface area contributed by atoms with E-state index in [4.69, 9.17) is 0 Å². The summed E-state index contributed by atoms with van der Waals surface area (Å²) in [6.07, 6.45) is 0.396.